The molecule has 2 aromatic rings. The maximum Gasteiger partial charge on any atom is 0.407 e. The largest absolute Gasteiger partial charge is 0.496 e. The first kappa shape index (κ1) is 71.3. The summed E-state index contributed by atoms with van der Waals surface area (Å²) in [6, 6.07) is 12.8. The zero-order valence-electron chi connectivity index (χ0n) is 54.0. The molecule has 7 saturated carbocycles. The van der Waals surface area contributed by atoms with E-state index in [0.717, 1.165) is 103 Å². The highest BCUT2D eigenvalue weighted by molar-refractivity contribution is 6.01. The van der Waals surface area contributed by atoms with Crippen LogP contribution in [0.5, 0.6) is 23.0 Å². The average molecular weight is 1230 g/mol. The Labute approximate surface area is 519 Å². The normalized spacial score (nSPS) is 24.5. The zero-order valence-corrected chi connectivity index (χ0v) is 54.8. The van der Waals surface area contributed by atoms with Crippen LogP contribution in [0, 0.1) is 0 Å². The standard InChI is InChI=1S/C23H34N2O5.C18H26N2O3.C14H26N2O2.C10H20N2O2.ClH/c1-23(2,3)30-22(27)24-16-11-7-12-17(16)25(15-9-6-10-15)21(26)20-18(28-4)13-8-14-19(20)29-5;1-22-15-10-5-11-16(23-2)17(15)18(21)20(12-6-3-7-12)14-9-4-8-13(14)19;1-14(2,3)18-13(17)16-12-9-5-8-11(12)15-10-6-4-7-10;1-10(2,3)14-9(13)12-8-6-4-5-7(8)11;/h8,13-17H,6-7,9-12H2,1-5H3,(H,24,27);5,10-14H,3-4,6-9,19H2,1-2H3;10-12,15H,4-9H2,1-3H3,(H,16,17);7-8H,4-6,11H2,1-3H3,(H,12,13);1H/t16-,17-;13?,14-;11-,12-;7-,8-;/m0000./s1. The molecule has 7 fully saturated rings. The van der Waals surface area contributed by atoms with Crippen molar-refractivity contribution in [3.8, 4) is 23.0 Å². The van der Waals surface area contributed by atoms with Crippen molar-refractivity contribution >= 4 is 42.5 Å². The topological polar surface area (TPSA) is 257 Å². The van der Waals surface area contributed by atoms with Crippen LogP contribution in [-0.4, -0.2) is 152 Å². The fourth-order valence-corrected chi connectivity index (χ4v) is 12.4. The van der Waals surface area contributed by atoms with Crippen LogP contribution in [0.25, 0.3) is 0 Å². The summed E-state index contributed by atoms with van der Waals surface area (Å²) in [4.78, 5) is 66.7. The third-order valence-corrected chi connectivity index (χ3v) is 17.2. The summed E-state index contributed by atoms with van der Waals surface area (Å²) in [6.07, 6.45) is 21.3. The highest BCUT2D eigenvalue weighted by Gasteiger charge is 2.44. The molecule has 0 aliphatic heterocycles. The number of nitrogens with one attached hydrogen (secondary N) is 4. The molecule has 0 aromatic heterocycles. The van der Waals surface area contributed by atoms with Crippen LogP contribution in [0.15, 0.2) is 36.4 Å². The Bertz CT molecular complexity index is 2450. The Kier molecular flexibility index (Phi) is 27.1. The number of amides is 5. The van der Waals surface area contributed by atoms with Crippen molar-refractivity contribution < 1.29 is 57.1 Å². The van der Waals surface area contributed by atoms with Crippen LogP contribution in [0.4, 0.5) is 14.4 Å². The molecule has 8 atom stereocenters. The molecule has 7 aliphatic carbocycles. The number of rotatable bonds is 15. The van der Waals surface area contributed by atoms with Crippen LogP contribution in [-0.2, 0) is 14.2 Å². The number of benzene rings is 2. The van der Waals surface area contributed by atoms with Gasteiger partial charge in [0, 0.05) is 54.4 Å². The van der Waals surface area contributed by atoms with E-state index in [9.17, 15) is 24.0 Å². The number of carbonyl (C=O) groups is 5. The fourth-order valence-electron chi connectivity index (χ4n) is 12.4. The molecule has 0 bridgehead atoms. The molecule has 5 amide bonds. The minimum Gasteiger partial charge on any atom is -0.496 e. The maximum absolute atomic E-state index is 13.8. The summed E-state index contributed by atoms with van der Waals surface area (Å²) < 4.78 is 37.7. The number of alkyl carbamates (subject to hydrolysis) is 3. The molecule has 0 radical (unpaired) electrons. The quantitative estimate of drug-likeness (QED) is 0.0907. The molecule has 0 heterocycles. The lowest BCUT2D eigenvalue weighted by molar-refractivity contribution is 0.0317. The molecule has 8 N–H and O–H groups in total. The van der Waals surface area contributed by atoms with Crippen molar-refractivity contribution in [1.82, 2.24) is 31.1 Å². The predicted octanol–water partition coefficient (Wildman–Crippen LogP) is 11.1. The summed E-state index contributed by atoms with van der Waals surface area (Å²) >= 11 is 0. The number of halogens is 1. The van der Waals surface area contributed by atoms with Gasteiger partial charge in [-0.05, 0) is 215 Å². The molecule has 86 heavy (non-hydrogen) atoms. The molecule has 9 rings (SSSR count). The molecule has 486 valence electrons. The lowest BCUT2D eigenvalue weighted by atomic mass is 9.88. The summed E-state index contributed by atoms with van der Waals surface area (Å²) in [5.41, 5.74) is 11.7. The molecule has 21 heteroatoms. The molecular formula is C65H107ClN8O12. The van der Waals surface area contributed by atoms with E-state index >= 15 is 0 Å². The molecule has 0 saturated heterocycles. The Morgan fingerprint density at radius 2 is 0.744 bits per heavy atom. The van der Waals surface area contributed by atoms with Crippen molar-refractivity contribution in [2.45, 2.75) is 280 Å². The summed E-state index contributed by atoms with van der Waals surface area (Å²) in [5, 5.41) is 12.5. The lowest BCUT2D eigenvalue weighted by Gasteiger charge is -2.43. The Morgan fingerprint density at radius 3 is 1.10 bits per heavy atom. The van der Waals surface area contributed by atoms with E-state index in [-0.39, 0.29) is 84.7 Å². The second-order valence-electron chi connectivity index (χ2n) is 27.0. The molecule has 0 spiro atoms. The van der Waals surface area contributed by atoms with Gasteiger partial charge in [-0.1, -0.05) is 18.6 Å². The Morgan fingerprint density at radius 1 is 0.419 bits per heavy atom. The fraction of sp³-hybridized carbons (Fsp3) is 0.738. The van der Waals surface area contributed by atoms with Crippen LogP contribution in [0.1, 0.15) is 218 Å². The molecular weight excluding hydrogens is 1120 g/mol. The summed E-state index contributed by atoms with van der Waals surface area (Å²) in [7, 11) is 6.28. The summed E-state index contributed by atoms with van der Waals surface area (Å²) in [5.74, 6) is 2.01. The third kappa shape index (κ3) is 20.6. The number of carbonyl (C=O) groups excluding carboxylic acids is 5. The van der Waals surface area contributed by atoms with Crippen LogP contribution in [0.2, 0.25) is 0 Å². The maximum atomic E-state index is 13.8. The van der Waals surface area contributed by atoms with Gasteiger partial charge < -0.3 is 75.7 Å². The van der Waals surface area contributed by atoms with E-state index in [4.69, 9.17) is 44.6 Å². The van der Waals surface area contributed by atoms with Gasteiger partial charge in [-0.25, -0.2) is 14.4 Å². The van der Waals surface area contributed by atoms with Gasteiger partial charge in [0.1, 0.15) is 50.9 Å². The minimum absolute atomic E-state index is 0. The lowest BCUT2D eigenvalue weighted by Crippen LogP contribution is -2.56. The molecule has 7 aliphatic rings. The zero-order chi connectivity index (χ0) is 62.2. The van der Waals surface area contributed by atoms with Gasteiger partial charge >= 0.3 is 18.3 Å². The minimum atomic E-state index is -0.563. The third-order valence-electron chi connectivity index (χ3n) is 17.2. The Hall–Kier alpha value is -5.44. The molecule has 20 nitrogen and oxygen atoms in total. The van der Waals surface area contributed by atoms with E-state index in [2.05, 4.69) is 21.3 Å². The van der Waals surface area contributed by atoms with Gasteiger partial charge in [-0.3, -0.25) is 9.59 Å². The van der Waals surface area contributed by atoms with Crippen LogP contribution in [0.3, 0.4) is 0 Å². The Balaban J connectivity index is 0.000000216. The van der Waals surface area contributed by atoms with Crippen molar-refractivity contribution in [2.75, 3.05) is 28.4 Å². The first-order chi connectivity index (χ1) is 40.2. The monoisotopic (exact) mass is 1230 g/mol. The van der Waals surface area contributed by atoms with Gasteiger partial charge in [0.2, 0.25) is 0 Å². The first-order valence-electron chi connectivity index (χ1n) is 31.6. The van der Waals surface area contributed by atoms with E-state index in [1.165, 1.54) is 32.1 Å². The predicted molar refractivity (Wildman–Crippen MR) is 337 cm³/mol. The van der Waals surface area contributed by atoms with Crippen LogP contribution >= 0.6 is 12.4 Å². The van der Waals surface area contributed by atoms with Gasteiger partial charge in [-0.15, -0.1) is 12.4 Å². The SMILES string of the molecule is CC(C)(C)OC(=O)N[C@H]1CCC[C@@H]1N.CC(C)(C)OC(=O)N[C@H]1CCC[C@@H]1NC1CCC1.COc1cccc(OC)c1C(=O)N(C1CCC1)[C@H]1CCCC1N.COc1cccc(OC)c1C(=O)N(C1CCC1)[C@H]1CCC[C@@H]1NC(=O)OC(C)(C)C.Cl. The molecule has 2 aromatic carbocycles. The van der Waals surface area contributed by atoms with E-state index in [1.54, 1.807) is 40.6 Å². The van der Waals surface area contributed by atoms with Crippen molar-refractivity contribution in [3.63, 3.8) is 0 Å². The van der Waals surface area contributed by atoms with Gasteiger partial charge in [0.25, 0.3) is 11.8 Å². The second-order valence-corrected chi connectivity index (χ2v) is 27.0. The van der Waals surface area contributed by atoms with Crippen molar-refractivity contribution in [2.24, 2.45) is 11.5 Å². The van der Waals surface area contributed by atoms with Crippen molar-refractivity contribution in [1.29, 1.82) is 0 Å². The van der Waals surface area contributed by atoms with E-state index < -0.39 is 22.9 Å². The van der Waals surface area contributed by atoms with Crippen molar-refractivity contribution in [3.05, 3.63) is 47.5 Å². The number of hydrogen-bond donors (Lipinski definition) is 6. The first-order valence-corrected chi connectivity index (χ1v) is 31.6. The van der Waals surface area contributed by atoms with Crippen LogP contribution < -0.4 is 51.7 Å². The second kappa shape index (κ2) is 32.7. The highest BCUT2D eigenvalue weighted by atomic mass is 35.5. The number of nitrogens with two attached hydrogens (primary N) is 2. The van der Waals surface area contributed by atoms with E-state index in [0.29, 0.717) is 52.3 Å². The van der Waals surface area contributed by atoms with Gasteiger partial charge in [0.05, 0.1) is 40.5 Å². The number of methoxy groups -OCH3 is 4. The average Bonchev–Trinajstić information content (AvgIpc) is 1.41. The number of ether oxygens (including phenoxy) is 7. The number of hydrogen-bond acceptors (Lipinski definition) is 15. The van der Waals surface area contributed by atoms with Gasteiger partial charge in [0.15, 0.2) is 0 Å². The van der Waals surface area contributed by atoms with Gasteiger partial charge in [-0.2, -0.15) is 0 Å². The van der Waals surface area contributed by atoms with E-state index in [1.807, 2.05) is 96.4 Å². The smallest absolute Gasteiger partial charge is 0.407 e. The summed E-state index contributed by atoms with van der Waals surface area (Å²) in [6.45, 7) is 16.8. The highest BCUT2D eigenvalue weighted by Crippen LogP contribution is 2.40. The molecule has 1 unspecified atom stereocenters. The number of nitrogens with zero attached hydrogens (tertiary/aromatic N) is 2.